The molecule has 0 aliphatic rings. The van der Waals surface area contributed by atoms with Crippen molar-refractivity contribution in [2.24, 2.45) is 0 Å². The molecular formula is C25H24N2O3. The van der Waals surface area contributed by atoms with Crippen LogP contribution in [0.25, 0.3) is 22.4 Å². The number of ketones is 1. The number of hydrogen-bond acceptors (Lipinski definition) is 5. The van der Waals surface area contributed by atoms with Crippen molar-refractivity contribution in [2.75, 3.05) is 6.61 Å². The zero-order valence-corrected chi connectivity index (χ0v) is 16.8. The average molecular weight is 400 g/mol. The minimum absolute atomic E-state index is 0.0669. The summed E-state index contributed by atoms with van der Waals surface area (Å²) in [5, 5.41) is 0. The van der Waals surface area contributed by atoms with Gasteiger partial charge in [-0.2, -0.15) is 4.98 Å². The lowest BCUT2D eigenvalue weighted by Crippen LogP contribution is -2.00. The van der Waals surface area contributed by atoms with Crippen molar-refractivity contribution in [3.8, 4) is 16.9 Å². The summed E-state index contributed by atoms with van der Waals surface area (Å²) in [6.07, 6.45) is 5.84. The number of pyridine rings is 1. The fraction of sp³-hybridized carbons (Fsp3) is 0.240. The number of nitrogens with zero attached hydrogens (tertiary/aromatic N) is 2. The van der Waals surface area contributed by atoms with Gasteiger partial charge in [0.1, 0.15) is 5.75 Å². The highest BCUT2D eigenvalue weighted by atomic mass is 16.5. The van der Waals surface area contributed by atoms with Crippen molar-refractivity contribution in [3.63, 3.8) is 0 Å². The van der Waals surface area contributed by atoms with Gasteiger partial charge < -0.3 is 9.15 Å². The third-order valence-corrected chi connectivity index (χ3v) is 4.93. The van der Waals surface area contributed by atoms with Crippen LogP contribution in [-0.4, -0.2) is 22.4 Å². The normalized spacial score (nSPS) is 10.9. The number of ether oxygens (including phenoxy) is 1. The summed E-state index contributed by atoms with van der Waals surface area (Å²) in [6.45, 7) is 0.676. The molecule has 0 atom stereocenters. The molecule has 4 aromatic rings. The predicted molar refractivity (Wildman–Crippen MR) is 117 cm³/mol. The maximum absolute atomic E-state index is 12.2. The van der Waals surface area contributed by atoms with E-state index in [0.29, 0.717) is 24.3 Å². The number of Topliss-reactive ketones (excluding diaryl/α,β-unsaturated/α-hetero) is 1. The van der Waals surface area contributed by atoms with Crippen LogP contribution in [0.4, 0.5) is 0 Å². The molecule has 2 heterocycles. The lowest BCUT2D eigenvalue weighted by Gasteiger charge is -2.07. The van der Waals surface area contributed by atoms with Crippen LogP contribution in [0.1, 0.15) is 42.8 Å². The van der Waals surface area contributed by atoms with Gasteiger partial charge in [0.15, 0.2) is 11.2 Å². The van der Waals surface area contributed by atoms with Gasteiger partial charge in [0, 0.05) is 12.6 Å². The van der Waals surface area contributed by atoms with Crippen LogP contribution in [0.3, 0.4) is 0 Å². The molecule has 2 aromatic carbocycles. The Hall–Kier alpha value is -3.47. The summed E-state index contributed by atoms with van der Waals surface area (Å²) in [5.41, 5.74) is 3.42. The molecule has 152 valence electrons. The van der Waals surface area contributed by atoms with E-state index in [9.17, 15) is 4.79 Å². The van der Waals surface area contributed by atoms with Crippen LogP contribution >= 0.6 is 0 Å². The highest BCUT2D eigenvalue weighted by Gasteiger charge is 2.14. The molecule has 0 amide bonds. The SMILES string of the molecule is O=C(CCCCCCOc1ccc(-c2ccccc2)cc1)c1nc2ncccc2o1. The standard InChI is InChI=1S/C25H24N2O3/c28-22(25-27-24-23(30-25)12-8-17-26-24)11-6-1-2-7-18-29-21-15-13-20(14-16-21)19-9-4-3-5-10-19/h3-5,8-10,12-17H,1-2,6-7,11,18H2. The second-order valence-electron chi connectivity index (χ2n) is 7.17. The highest BCUT2D eigenvalue weighted by Crippen LogP contribution is 2.22. The van der Waals surface area contributed by atoms with E-state index >= 15 is 0 Å². The number of unbranched alkanes of at least 4 members (excludes halogenated alkanes) is 3. The molecule has 0 bridgehead atoms. The fourth-order valence-electron chi connectivity index (χ4n) is 3.30. The second kappa shape index (κ2) is 9.83. The molecule has 0 spiro atoms. The predicted octanol–water partition coefficient (Wildman–Crippen LogP) is 6.10. The molecule has 0 N–H and O–H groups in total. The fourth-order valence-corrected chi connectivity index (χ4v) is 3.30. The number of oxazole rings is 1. The molecule has 0 saturated heterocycles. The van der Waals surface area contributed by atoms with E-state index in [0.717, 1.165) is 31.4 Å². The molecular weight excluding hydrogens is 376 g/mol. The summed E-state index contributed by atoms with van der Waals surface area (Å²) in [4.78, 5) is 20.5. The van der Waals surface area contributed by atoms with Crippen LogP contribution in [0.5, 0.6) is 5.75 Å². The van der Waals surface area contributed by atoms with Crippen molar-refractivity contribution < 1.29 is 13.9 Å². The summed E-state index contributed by atoms with van der Waals surface area (Å²) >= 11 is 0. The van der Waals surface area contributed by atoms with Crippen molar-refractivity contribution >= 4 is 17.0 Å². The molecule has 30 heavy (non-hydrogen) atoms. The van der Waals surface area contributed by atoms with Gasteiger partial charge in [0.2, 0.25) is 5.78 Å². The molecule has 0 fully saturated rings. The van der Waals surface area contributed by atoms with Gasteiger partial charge in [-0.05, 0) is 48.2 Å². The van der Waals surface area contributed by atoms with E-state index in [1.807, 2.05) is 30.3 Å². The van der Waals surface area contributed by atoms with Gasteiger partial charge in [-0.25, -0.2) is 4.98 Å². The number of rotatable bonds is 10. The zero-order valence-electron chi connectivity index (χ0n) is 16.8. The van der Waals surface area contributed by atoms with Crippen LogP contribution in [-0.2, 0) is 0 Å². The summed E-state index contributed by atoms with van der Waals surface area (Å²) in [6, 6.07) is 22.0. The first-order chi connectivity index (χ1) is 14.8. The molecule has 0 aliphatic carbocycles. The first kappa shape index (κ1) is 19.8. The van der Waals surface area contributed by atoms with Crippen LogP contribution < -0.4 is 4.74 Å². The zero-order chi connectivity index (χ0) is 20.6. The van der Waals surface area contributed by atoms with Crippen LogP contribution in [0.2, 0.25) is 0 Å². The molecule has 4 rings (SSSR count). The topological polar surface area (TPSA) is 65.2 Å². The minimum atomic E-state index is -0.0669. The van der Waals surface area contributed by atoms with Crippen molar-refractivity contribution in [2.45, 2.75) is 32.1 Å². The first-order valence-electron chi connectivity index (χ1n) is 10.3. The minimum Gasteiger partial charge on any atom is -0.494 e. The van der Waals surface area contributed by atoms with Crippen LogP contribution in [0.15, 0.2) is 77.3 Å². The highest BCUT2D eigenvalue weighted by molar-refractivity contribution is 5.93. The lowest BCUT2D eigenvalue weighted by atomic mass is 10.1. The number of carbonyl (C=O) groups excluding carboxylic acids is 1. The third kappa shape index (κ3) is 5.11. The number of fused-ring (bicyclic) bond motifs is 1. The Balaban J connectivity index is 1.12. The van der Waals surface area contributed by atoms with Gasteiger partial charge in [-0.15, -0.1) is 0 Å². The van der Waals surface area contributed by atoms with E-state index < -0.39 is 0 Å². The van der Waals surface area contributed by atoms with Gasteiger partial charge in [0.05, 0.1) is 6.61 Å². The second-order valence-corrected chi connectivity index (χ2v) is 7.17. The number of hydrogen-bond donors (Lipinski definition) is 0. The van der Waals surface area contributed by atoms with E-state index in [1.165, 1.54) is 11.1 Å². The summed E-state index contributed by atoms with van der Waals surface area (Å²) in [7, 11) is 0. The van der Waals surface area contributed by atoms with Crippen molar-refractivity contribution in [3.05, 3.63) is 78.8 Å². The van der Waals surface area contributed by atoms with E-state index in [2.05, 4.69) is 34.2 Å². The quantitative estimate of drug-likeness (QED) is 0.238. The van der Waals surface area contributed by atoms with E-state index in [1.54, 1.807) is 18.3 Å². The lowest BCUT2D eigenvalue weighted by molar-refractivity contribution is 0.0947. The number of benzene rings is 2. The molecule has 2 aromatic heterocycles. The van der Waals surface area contributed by atoms with Crippen molar-refractivity contribution in [1.29, 1.82) is 0 Å². The summed E-state index contributed by atoms with van der Waals surface area (Å²) < 4.78 is 11.3. The Bertz CT molecular complexity index is 1060. The Labute approximate surface area is 175 Å². The maximum Gasteiger partial charge on any atom is 0.265 e. The third-order valence-electron chi connectivity index (χ3n) is 4.93. The van der Waals surface area contributed by atoms with Crippen molar-refractivity contribution in [1.82, 2.24) is 9.97 Å². The maximum atomic E-state index is 12.2. The Morgan fingerprint density at radius 2 is 1.60 bits per heavy atom. The molecule has 0 radical (unpaired) electrons. The monoisotopic (exact) mass is 400 g/mol. The largest absolute Gasteiger partial charge is 0.494 e. The Kier molecular flexibility index (Phi) is 6.50. The van der Waals surface area contributed by atoms with Gasteiger partial charge >= 0.3 is 0 Å². The molecule has 5 nitrogen and oxygen atoms in total. The molecule has 0 aliphatic heterocycles. The Morgan fingerprint density at radius 1 is 0.833 bits per heavy atom. The van der Waals surface area contributed by atoms with E-state index in [4.69, 9.17) is 9.15 Å². The van der Waals surface area contributed by atoms with Gasteiger partial charge in [-0.3, -0.25) is 4.79 Å². The number of aromatic nitrogens is 2. The van der Waals surface area contributed by atoms with E-state index in [-0.39, 0.29) is 11.7 Å². The summed E-state index contributed by atoms with van der Waals surface area (Å²) in [5.74, 6) is 0.975. The van der Waals surface area contributed by atoms with Gasteiger partial charge in [0.25, 0.3) is 5.89 Å². The first-order valence-corrected chi connectivity index (χ1v) is 10.3. The Morgan fingerprint density at radius 3 is 2.40 bits per heavy atom. The molecule has 0 saturated carbocycles. The average Bonchev–Trinajstić information content (AvgIpc) is 3.24. The molecule has 5 heteroatoms. The van der Waals surface area contributed by atoms with Gasteiger partial charge in [-0.1, -0.05) is 55.3 Å². The number of carbonyl (C=O) groups is 1. The molecule has 0 unspecified atom stereocenters. The van der Waals surface area contributed by atoms with Crippen LogP contribution in [0, 0.1) is 0 Å². The smallest absolute Gasteiger partial charge is 0.265 e.